The Morgan fingerprint density at radius 1 is 1.37 bits per heavy atom. The van der Waals surface area contributed by atoms with Crippen molar-refractivity contribution < 1.29 is 19.7 Å². The number of ether oxygens (including phenoxy) is 1. The molecule has 1 aliphatic rings. The van der Waals surface area contributed by atoms with Crippen LogP contribution in [0.1, 0.15) is 17.2 Å². The molecule has 1 heterocycles. The van der Waals surface area contributed by atoms with Crippen molar-refractivity contribution >= 4 is 5.97 Å². The largest absolute Gasteiger partial charge is 0.480 e. The molecule has 0 spiro atoms. The van der Waals surface area contributed by atoms with E-state index >= 15 is 0 Å². The summed E-state index contributed by atoms with van der Waals surface area (Å²) in [7, 11) is 0. The summed E-state index contributed by atoms with van der Waals surface area (Å²) in [5, 5.41) is 18.1. The third-order valence-electron chi connectivity index (χ3n) is 3.38. The van der Waals surface area contributed by atoms with Crippen molar-refractivity contribution in [3.8, 4) is 0 Å². The van der Waals surface area contributed by atoms with Gasteiger partial charge in [-0.15, -0.1) is 0 Å². The summed E-state index contributed by atoms with van der Waals surface area (Å²) < 4.78 is 5.22. The van der Waals surface area contributed by atoms with E-state index in [1.807, 2.05) is 29.2 Å². The molecule has 0 saturated carbocycles. The highest BCUT2D eigenvalue weighted by Gasteiger charge is 2.32. The van der Waals surface area contributed by atoms with Gasteiger partial charge in [0.1, 0.15) is 6.04 Å². The Labute approximate surface area is 112 Å². The van der Waals surface area contributed by atoms with Gasteiger partial charge in [0.05, 0.1) is 19.8 Å². The van der Waals surface area contributed by atoms with Gasteiger partial charge in [-0.1, -0.05) is 24.3 Å². The highest BCUT2D eigenvalue weighted by molar-refractivity contribution is 5.76. The number of aliphatic carboxylic acids is 1. The number of nitrogens with zero attached hydrogens (tertiary/aromatic N) is 1. The van der Waals surface area contributed by atoms with E-state index < -0.39 is 12.0 Å². The lowest BCUT2D eigenvalue weighted by Crippen LogP contribution is -2.41. The van der Waals surface area contributed by atoms with Crippen LogP contribution in [-0.2, 0) is 16.0 Å². The Morgan fingerprint density at radius 3 is 2.89 bits per heavy atom. The first kappa shape index (κ1) is 14.0. The van der Waals surface area contributed by atoms with Gasteiger partial charge in [-0.25, -0.2) is 0 Å². The lowest BCUT2D eigenvalue weighted by Gasteiger charge is -2.34. The second-order valence-corrected chi connectivity index (χ2v) is 4.56. The summed E-state index contributed by atoms with van der Waals surface area (Å²) in [5.74, 6) is -0.825. The first-order valence-electron chi connectivity index (χ1n) is 6.47. The Balaban J connectivity index is 2.07. The molecule has 1 unspecified atom stereocenters. The maximum absolute atomic E-state index is 11.5. The third kappa shape index (κ3) is 3.32. The van der Waals surface area contributed by atoms with Gasteiger partial charge >= 0.3 is 5.97 Å². The molecule has 104 valence electrons. The van der Waals surface area contributed by atoms with Crippen LogP contribution in [0, 0.1) is 0 Å². The van der Waals surface area contributed by atoms with E-state index in [9.17, 15) is 9.90 Å². The molecule has 1 atom stereocenters. The molecule has 0 radical (unpaired) electrons. The molecule has 1 aromatic carbocycles. The van der Waals surface area contributed by atoms with Crippen molar-refractivity contribution in [1.29, 1.82) is 0 Å². The summed E-state index contributed by atoms with van der Waals surface area (Å²) in [6.07, 6.45) is 0.861. The van der Waals surface area contributed by atoms with Crippen LogP contribution in [0.5, 0.6) is 0 Å². The average Bonchev–Trinajstić information content (AvgIpc) is 2.42. The first-order valence-corrected chi connectivity index (χ1v) is 6.47. The fourth-order valence-corrected chi connectivity index (χ4v) is 2.50. The van der Waals surface area contributed by atoms with E-state index in [1.54, 1.807) is 0 Å². The fourth-order valence-electron chi connectivity index (χ4n) is 2.50. The van der Waals surface area contributed by atoms with E-state index in [-0.39, 0.29) is 6.61 Å². The number of carbonyl (C=O) groups is 1. The fraction of sp³-hybridized carbons (Fsp3) is 0.500. The molecule has 1 aliphatic heterocycles. The molecule has 1 aromatic rings. The van der Waals surface area contributed by atoms with Gasteiger partial charge in [-0.3, -0.25) is 9.69 Å². The number of benzene rings is 1. The average molecular weight is 265 g/mol. The van der Waals surface area contributed by atoms with Crippen LogP contribution in [0.25, 0.3) is 0 Å². The van der Waals surface area contributed by atoms with E-state index in [1.165, 1.54) is 0 Å². The Bertz CT molecular complexity index is 435. The molecule has 0 saturated heterocycles. The number of carboxylic acid groups (broad SMARTS) is 1. The Kier molecular flexibility index (Phi) is 4.90. The monoisotopic (exact) mass is 265 g/mol. The number of hydrogen-bond acceptors (Lipinski definition) is 4. The summed E-state index contributed by atoms with van der Waals surface area (Å²) >= 11 is 0. The lowest BCUT2D eigenvalue weighted by molar-refractivity contribution is -0.144. The van der Waals surface area contributed by atoms with Crippen LogP contribution in [0.4, 0.5) is 0 Å². The number of hydrogen-bond donors (Lipinski definition) is 2. The Hall–Kier alpha value is -1.43. The van der Waals surface area contributed by atoms with Gasteiger partial charge in [0.25, 0.3) is 0 Å². The van der Waals surface area contributed by atoms with Gasteiger partial charge in [0.2, 0.25) is 0 Å². The zero-order valence-corrected chi connectivity index (χ0v) is 10.8. The lowest BCUT2D eigenvalue weighted by atomic mass is 9.92. The van der Waals surface area contributed by atoms with Crippen molar-refractivity contribution in [2.24, 2.45) is 0 Å². The molecule has 2 rings (SSSR count). The topological polar surface area (TPSA) is 70.0 Å². The normalized spacial score (nSPS) is 19.1. The minimum absolute atomic E-state index is 0.00874. The van der Waals surface area contributed by atoms with Crippen LogP contribution in [-0.4, -0.2) is 54.0 Å². The Morgan fingerprint density at radius 2 is 2.16 bits per heavy atom. The minimum Gasteiger partial charge on any atom is -0.480 e. The van der Waals surface area contributed by atoms with Crippen molar-refractivity contribution in [3.63, 3.8) is 0 Å². The predicted octanol–water partition coefficient (Wildman–Crippen LogP) is 0.679. The molecule has 0 fully saturated rings. The molecule has 0 aromatic heterocycles. The maximum Gasteiger partial charge on any atom is 0.325 e. The molecule has 19 heavy (non-hydrogen) atoms. The summed E-state index contributed by atoms with van der Waals surface area (Å²) in [5.41, 5.74) is 1.99. The third-order valence-corrected chi connectivity index (χ3v) is 3.38. The van der Waals surface area contributed by atoms with Crippen molar-refractivity contribution in [2.45, 2.75) is 12.5 Å². The quantitative estimate of drug-likeness (QED) is 0.740. The molecular weight excluding hydrogens is 246 g/mol. The second-order valence-electron chi connectivity index (χ2n) is 4.56. The van der Waals surface area contributed by atoms with Crippen molar-refractivity contribution in [1.82, 2.24) is 4.90 Å². The molecule has 5 heteroatoms. The van der Waals surface area contributed by atoms with Crippen LogP contribution < -0.4 is 0 Å². The smallest absolute Gasteiger partial charge is 0.325 e. The SMILES string of the molecule is O=C(O)C1c2ccccc2CCN1CCOCCO. The van der Waals surface area contributed by atoms with Gasteiger partial charge in [0.15, 0.2) is 0 Å². The van der Waals surface area contributed by atoms with Gasteiger partial charge < -0.3 is 14.9 Å². The predicted molar refractivity (Wildman–Crippen MR) is 70.0 cm³/mol. The maximum atomic E-state index is 11.5. The van der Waals surface area contributed by atoms with E-state index in [0.29, 0.717) is 19.8 Å². The van der Waals surface area contributed by atoms with E-state index in [2.05, 4.69) is 0 Å². The summed E-state index contributed by atoms with van der Waals surface area (Å²) in [6.45, 7) is 2.00. The summed E-state index contributed by atoms with van der Waals surface area (Å²) in [6, 6.07) is 7.10. The van der Waals surface area contributed by atoms with Crippen LogP contribution >= 0.6 is 0 Å². The van der Waals surface area contributed by atoms with Crippen LogP contribution in [0.15, 0.2) is 24.3 Å². The number of fused-ring (bicyclic) bond motifs is 1. The van der Waals surface area contributed by atoms with Crippen LogP contribution in [0.2, 0.25) is 0 Å². The standard InChI is InChI=1S/C14H19NO4/c16-8-10-19-9-7-15-6-5-11-3-1-2-4-12(11)13(15)14(17)18/h1-4,13,16H,5-10H2,(H,17,18). The molecule has 0 aliphatic carbocycles. The van der Waals surface area contributed by atoms with Crippen molar-refractivity contribution in [2.75, 3.05) is 32.9 Å². The zero-order valence-electron chi connectivity index (χ0n) is 10.8. The van der Waals surface area contributed by atoms with Crippen molar-refractivity contribution in [3.05, 3.63) is 35.4 Å². The molecule has 2 N–H and O–H groups in total. The molecule has 0 amide bonds. The second kappa shape index (κ2) is 6.65. The number of aliphatic hydroxyl groups excluding tert-OH is 1. The van der Waals surface area contributed by atoms with E-state index in [0.717, 1.165) is 24.1 Å². The number of carboxylic acids is 1. The number of aliphatic hydroxyl groups is 1. The molecule has 0 bridgehead atoms. The van der Waals surface area contributed by atoms with Gasteiger partial charge in [0, 0.05) is 13.1 Å². The first-order chi connectivity index (χ1) is 9.24. The zero-order chi connectivity index (χ0) is 13.7. The van der Waals surface area contributed by atoms with Gasteiger partial charge in [-0.2, -0.15) is 0 Å². The van der Waals surface area contributed by atoms with Gasteiger partial charge in [-0.05, 0) is 17.5 Å². The highest BCUT2D eigenvalue weighted by Crippen LogP contribution is 2.29. The molecular formula is C14H19NO4. The summed E-state index contributed by atoms with van der Waals surface area (Å²) in [4.78, 5) is 13.4. The number of rotatable bonds is 6. The van der Waals surface area contributed by atoms with E-state index in [4.69, 9.17) is 9.84 Å². The highest BCUT2D eigenvalue weighted by atomic mass is 16.5. The molecule has 5 nitrogen and oxygen atoms in total. The minimum atomic E-state index is -0.825. The van der Waals surface area contributed by atoms with Crippen LogP contribution in [0.3, 0.4) is 0 Å².